The number of rotatable bonds is 3. The van der Waals surface area contributed by atoms with Crippen molar-refractivity contribution in [2.24, 2.45) is 0 Å². The number of halogens is 1. The number of allylic oxidation sites excluding steroid dienone is 1. The molecule has 1 nitrogen and oxygen atoms in total. The zero-order valence-electron chi connectivity index (χ0n) is 8.38. The third-order valence-electron chi connectivity index (χ3n) is 1.99. The minimum atomic E-state index is 0.0482. The Balaban J connectivity index is 3.04. The van der Waals surface area contributed by atoms with Crippen LogP contribution in [0, 0.1) is 0 Å². The van der Waals surface area contributed by atoms with Crippen molar-refractivity contribution in [3.05, 3.63) is 40.4 Å². The molecule has 1 rings (SSSR count). The van der Waals surface area contributed by atoms with Crippen LogP contribution in [-0.2, 0) is 11.2 Å². The summed E-state index contributed by atoms with van der Waals surface area (Å²) in [5.41, 5.74) is 2.22. The van der Waals surface area contributed by atoms with Gasteiger partial charge in [-0.3, -0.25) is 4.79 Å². The summed E-state index contributed by atoms with van der Waals surface area (Å²) in [5, 5.41) is 0.699. The van der Waals surface area contributed by atoms with Gasteiger partial charge >= 0.3 is 0 Å². The molecule has 1 aromatic rings. The molecular weight excluding hydrogens is 196 g/mol. The van der Waals surface area contributed by atoms with Crippen molar-refractivity contribution in [1.29, 1.82) is 0 Å². The molecule has 0 saturated carbocycles. The summed E-state index contributed by atoms with van der Waals surface area (Å²) in [7, 11) is 0. The molecule has 0 spiro atoms. The van der Waals surface area contributed by atoms with Gasteiger partial charge in [-0.25, -0.2) is 0 Å². The maximum Gasteiger partial charge on any atom is 0.152 e. The molecule has 74 valence electrons. The van der Waals surface area contributed by atoms with E-state index in [9.17, 15) is 4.79 Å². The standard InChI is InChI=1S/C12H13ClO/c1-3-10-6-7-12(13)8-11(10)5-4-9(2)14/h4-8H,3H2,1-2H3/b5-4+. The van der Waals surface area contributed by atoms with Crippen molar-refractivity contribution in [2.75, 3.05) is 0 Å². The van der Waals surface area contributed by atoms with E-state index in [0.29, 0.717) is 5.02 Å². The summed E-state index contributed by atoms with van der Waals surface area (Å²) in [6.45, 7) is 3.61. The van der Waals surface area contributed by atoms with Gasteiger partial charge in [0.25, 0.3) is 0 Å². The summed E-state index contributed by atoms with van der Waals surface area (Å²) in [5.74, 6) is 0.0482. The second-order valence-electron chi connectivity index (χ2n) is 3.14. The first-order chi connectivity index (χ1) is 6.63. The lowest BCUT2D eigenvalue weighted by molar-refractivity contribution is -0.112. The maximum absolute atomic E-state index is 10.8. The van der Waals surface area contributed by atoms with Crippen LogP contribution < -0.4 is 0 Å². The van der Waals surface area contributed by atoms with E-state index in [4.69, 9.17) is 11.6 Å². The van der Waals surface area contributed by atoms with E-state index in [1.54, 1.807) is 6.08 Å². The van der Waals surface area contributed by atoms with Crippen LogP contribution in [0.2, 0.25) is 5.02 Å². The maximum atomic E-state index is 10.8. The van der Waals surface area contributed by atoms with E-state index in [0.717, 1.165) is 12.0 Å². The van der Waals surface area contributed by atoms with E-state index in [2.05, 4.69) is 6.92 Å². The number of ketones is 1. The van der Waals surface area contributed by atoms with Crippen LogP contribution in [0.15, 0.2) is 24.3 Å². The number of hydrogen-bond donors (Lipinski definition) is 0. The number of carbonyl (C=O) groups excluding carboxylic acids is 1. The average molecular weight is 209 g/mol. The van der Waals surface area contributed by atoms with E-state index in [1.807, 2.05) is 24.3 Å². The van der Waals surface area contributed by atoms with E-state index >= 15 is 0 Å². The largest absolute Gasteiger partial charge is 0.295 e. The molecule has 0 aromatic heterocycles. The second-order valence-corrected chi connectivity index (χ2v) is 3.58. The molecular formula is C12H13ClO. The SMILES string of the molecule is CCc1ccc(Cl)cc1/C=C/C(C)=O. The molecule has 0 unspecified atom stereocenters. The van der Waals surface area contributed by atoms with Gasteiger partial charge in [0, 0.05) is 5.02 Å². The molecule has 0 bridgehead atoms. The fourth-order valence-electron chi connectivity index (χ4n) is 1.25. The molecule has 0 amide bonds. The average Bonchev–Trinajstić information content (AvgIpc) is 2.15. The van der Waals surface area contributed by atoms with E-state index < -0.39 is 0 Å². The number of aryl methyl sites for hydroxylation is 1. The van der Waals surface area contributed by atoms with Gasteiger partial charge in [0.05, 0.1) is 0 Å². The molecule has 0 atom stereocenters. The van der Waals surface area contributed by atoms with Gasteiger partial charge in [-0.05, 0) is 42.7 Å². The highest BCUT2D eigenvalue weighted by atomic mass is 35.5. The summed E-state index contributed by atoms with van der Waals surface area (Å²) < 4.78 is 0. The highest BCUT2D eigenvalue weighted by Gasteiger charge is 1.98. The van der Waals surface area contributed by atoms with E-state index in [-0.39, 0.29) is 5.78 Å². The Labute approximate surface area is 89.4 Å². The molecule has 14 heavy (non-hydrogen) atoms. The molecule has 2 heteroatoms. The number of hydrogen-bond acceptors (Lipinski definition) is 1. The van der Waals surface area contributed by atoms with Crippen molar-refractivity contribution >= 4 is 23.5 Å². The third-order valence-corrected chi connectivity index (χ3v) is 2.22. The number of carbonyl (C=O) groups is 1. The molecule has 0 fully saturated rings. The van der Waals surface area contributed by atoms with Crippen LogP contribution in [0.4, 0.5) is 0 Å². The van der Waals surface area contributed by atoms with Crippen molar-refractivity contribution in [3.63, 3.8) is 0 Å². The summed E-state index contributed by atoms with van der Waals surface area (Å²) in [6.07, 6.45) is 4.31. The quantitative estimate of drug-likeness (QED) is 0.695. The zero-order chi connectivity index (χ0) is 10.6. The van der Waals surface area contributed by atoms with Gasteiger partial charge in [0.2, 0.25) is 0 Å². The van der Waals surface area contributed by atoms with Gasteiger partial charge in [-0.15, -0.1) is 0 Å². The lowest BCUT2D eigenvalue weighted by atomic mass is 10.0. The van der Waals surface area contributed by atoms with Crippen LogP contribution in [0.5, 0.6) is 0 Å². The molecule has 0 aliphatic heterocycles. The van der Waals surface area contributed by atoms with Gasteiger partial charge in [-0.1, -0.05) is 30.7 Å². The highest BCUT2D eigenvalue weighted by molar-refractivity contribution is 6.30. The molecule has 0 aliphatic rings. The van der Waals surface area contributed by atoms with Crippen molar-refractivity contribution in [3.8, 4) is 0 Å². The van der Waals surface area contributed by atoms with Crippen LogP contribution in [-0.4, -0.2) is 5.78 Å². The van der Waals surface area contributed by atoms with Gasteiger partial charge in [-0.2, -0.15) is 0 Å². The van der Waals surface area contributed by atoms with Crippen LogP contribution >= 0.6 is 11.6 Å². The topological polar surface area (TPSA) is 17.1 Å². The second kappa shape index (κ2) is 4.97. The van der Waals surface area contributed by atoms with Gasteiger partial charge in [0.1, 0.15) is 0 Å². The molecule has 0 heterocycles. The summed E-state index contributed by atoms with van der Waals surface area (Å²) in [4.78, 5) is 10.8. The Morgan fingerprint density at radius 2 is 2.21 bits per heavy atom. The smallest absolute Gasteiger partial charge is 0.152 e. The Morgan fingerprint density at radius 1 is 1.50 bits per heavy atom. The fraction of sp³-hybridized carbons (Fsp3) is 0.250. The first-order valence-electron chi connectivity index (χ1n) is 4.60. The normalized spacial score (nSPS) is 10.8. The minimum Gasteiger partial charge on any atom is -0.295 e. The molecule has 1 aromatic carbocycles. The molecule has 0 saturated heterocycles. The predicted molar refractivity (Wildman–Crippen MR) is 60.5 cm³/mol. The fourth-order valence-corrected chi connectivity index (χ4v) is 1.43. The van der Waals surface area contributed by atoms with Crippen LogP contribution in [0.3, 0.4) is 0 Å². The highest BCUT2D eigenvalue weighted by Crippen LogP contribution is 2.17. The van der Waals surface area contributed by atoms with Gasteiger partial charge in [0.15, 0.2) is 5.78 Å². The monoisotopic (exact) mass is 208 g/mol. The Hall–Kier alpha value is -1.08. The predicted octanol–water partition coefficient (Wildman–Crippen LogP) is 3.50. The minimum absolute atomic E-state index is 0.0482. The lowest BCUT2D eigenvalue weighted by Gasteiger charge is -2.02. The Bertz CT molecular complexity index is 367. The first kappa shape index (κ1) is 11.0. The molecule has 0 N–H and O–H groups in total. The summed E-state index contributed by atoms with van der Waals surface area (Å²) >= 11 is 5.87. The van der Waals surface area contributed by atoms with Crippen molar-refractivity contribution in [1.82, 2.24) is 0 Å². The number of benzene rings is 1. The van der Waals surface area contributed by atoms with Crippen molar-refractivity contribution < 1.29 is 4.79 Å². The molecule has 0 aliphatic carbocycles. The molecule has 0 radical (unpaired) electrons. The summed E-state index contributed by atoms with van der Waals surface area (Å²) in [6, 6.07) is 5.73. The lowest BCUT2D eigenvalue weighted by Crippen LogP contribution is -1.87. The van der Waals surface area contributed by atoms with Crippen LogP contribution in [0.1, 0.15) is 25.0 Å². The Kier molecular flexibility index (Phi) is 3.90. The zero-order valence-corrected chi connectivity index (χ0v) is 9.14. The van der Waals surface area contributed by atoms with Crippen LogP contribution in [0.25, 0.3) is 6.08 Å². The third kappa shape index (κ3) is 3.00. The Morgan fingerprint density at radius 3 is 2.79 bits per heavy atom. The van der Waals surface area contributed by atoms with E-state index in [1.165, 1.54) is 12.5 Å². The van der Waals surface area contributed by atoms with Gasteiger partial charge < -0.3 is 0 Å². The first-order valence-corrected chi connectivity index (χ1v) is 4.98. The van der Waals surface area contributed by atoms with Crippen molar-refractivity contribution in [2.45, 2.75) is 20.3 Å².